The normalized spacial score (nSPS) is 12.4. The van der Waals surface area contributed by atoms with Crippen molar-refractivity contribution >= 4 is 43.5 Å². The minimum atomic E-state index is -4.17. The number of amides is 2. The number of methoxy groups -OCH3 is 1. The summed E-state index contributed by atoms with van der Waals surface area (Å²) in [4.78, 5) is 28.6. The average molecular weight is 617 g/mol. The molecule has 1 unspecified atom stereocenters. The fourth-order valence-electron chi connectivity index (χ4n) is 3.96. The maximum atomic E-state index is 14.0. The Morgan fingerprint density at radius 3 is 2.23 bits per heavy atom. The van der Waals surface area contributed by atoms with Gasteiger partial charge < -0.3 is 15.0 Å². The van der Waals surface area contributed by atoms with Crippen molar-refractivity contribution in [1.82, 2.24) is 10.2 Å². The Labute approximate surface area is 239 Å². The van der Waals surface area contributed by atoms with Crippen molar-refractivity contribution in [2.75, 3.05) is 18.0 Å². The Morgan fingerprint density at radius 2 is 1.62 bits per heavy atom. The zero-order valence-electron chi connectivity index (χ0n) is 22.7. The minimum absolute atomic E-state index is 0.0285. The predicted molar refractivity (Wildman–Crippen MR) is 156 cm³/mol. The van der Waals surface area contributed by atoms with E-state index in [0.29, 0.717) is 5.75 Å². The number of rotatable bonds is 10. The number of carbonyl (C=O) groups excluding carboxylic acids is 2. The quantitative estimate of drug-likeness (QED) is 0.347. The lowest BCUT2D eigenvalue weighted by atomic mass is 10.1. The lowest BCUT2D eigenvalue weighted by Gasteiger charge is -2.33. The largest absolute Gasteiger partial charge is 0.495 e. The molecule has 0 bridgehead atoms. The van der Waals surface area contributed by atoms with Crippen LogP contribution in [0.2, 0.25) is 0 Å². The van der Waals surface area contributed by atoms with Gasteiger partial charge in [0, 0.05) is 16.6 Å². The number of anilines is 1. The number of carbonyl (C=O) groups is 2. The number of nitrogens with zero attached hydrogens (tertiary/aromatic N) is 2. The highest BCUT2D eigenvalue weighted by Crippen LogP contribution is 2.32. The molecule has 3 aromatic rings. The van der Waals surface area contributed by atoms with Gasteiger partial charge in [0.15, 0.2) is 0 Å². The van der Waals surface area contributed by atoms with Crippen molar-refractivity contribution in [3.63, 3.8) is 0 Å². The molecular weight excluding hydrogens is 582 g/mol. The highest BCUT2D eigenvalue weighted by Gasteiger charge is 2.34. The SMILES string of the molecule is COc1ccccc1N(CC(=O)N(Cc1cccc(Br)c1)C(C)C(=O)NC(C)(C)C)S(=O)(=O)c1ccccc1. The molecule has 1 N–H and O–H groups in total. The highest BCUT2D eigenvalue weighted by molar-refractivity contribution is 9.10. The molecule has 0 radical (unpaired) electrons. The number of sulfonamides is 1. The molecule has 3 aromatic carbocycles. The second-order valence-corrected chi connectivity index (χ2v) is 12.8. The van der Waals surface area contributed by atoms with E-state index in [1.54, 1.807) is 49.4 Å². The van der Waals surface area contributed by atoms with E-state index < -0.39 is 34.1 Å². The molecule has 0 saturated heterocycles. The summed E-state index contributed by atoms with van der Waals surface area (Å²) in [6, 6.07) is 21.0. The summed E-state index contributed by atoms with van der Waals surface area (Å²) in [6.45, 7) is 6.76. The van der Waals surface area contributed by atoms with Crippen LogP contribution in [0.3, 0.4) is 0 Å². The van der Waals surface area contributed by atoms with Crippen LogP contribution in [0.1, 0.15) is 33.3 Å². The molecule has 0 fully saturated rings. The van der Waals surface area contributed by atoms with Crippen LogP contribution in [0, 0.1) is 0 Å². The van der Waals surface area contributed by atoms with Crippen LogP contribution in [0.5, 0.6) is 5.75 Å². The standard InChI is InChI=1S/C29H34BrN3O5S/c1-21(28(35)31-29(2,3)4)32(19-22-12-11-13-23(30)18-22)27(34)20-33(25-16-9-10-17-26(25)38-5)39(36,37)24-14-7-6-8-15-24/h6-18,21H,19-20H2,1-5H3,(H,31,35). The smallest absolute Gasteiger partial charge is 0.264 e. The van der Waals surface area contributed by atoms with Crippen molar-refractivity contribution in [2.45, 2.75) is 50.7 Å². The summed E-state index contributed by atoms with van der Waals surface area (Å²) in [5, 5.41) is 2.92. The Hall–Kier alpha value is -3.37. The minimum Gasteiger partial charge on any atom is -0.495 e. The van der Waals surface area contributed by atoms with Gasteiger partial charge in [-0.2, -0.15) is 0 Å². The summed E-state index contributed by atoms with van der Waals surface area (Å²) in [5.74, 6) is -0.598. The molecule has 0 spiro atoms. The van der Waals surface area contributed by atoms with Gasteiger partial charge in [0.1, 0.15) is 18.3 Å². The first kappa shape index (κ1) is 30.2. The summed E-state index contributed by atoms with van der Waals surface area (Å²) in [7, 11) is -2.73. The topological polar surface area (TPSA) is 96.0 Å². The van der Waals surface area contributed by atoms with Crippen molar-refractivity contribution in [2.24, 2.45) is 0 Å². The van der Waals surface area contributed by atoms with E-state index in [-0.39, 0.29) is 23.0 Å². The van der Waals surface area contributed by atoms with Crippen molar-refractivity contribution in [1.29, 1.82) is 0 Å². The van der Waals surface area contributed by atoms with Crippen molar-refractivity contribution in [3.05, 3.63) is 88.9 Å². The van der Waals surface area contributed by atoms with E-state index in [1.165, 1.54) is 24.1 Å². The van der Waals surface area contributed by atoms with E-state index in [1.807, 2.05) is 45.0 Å². The number of ether oxygens (including phenoxy) is 1. The number of halogens is 1. The molecule has 39 heavy (non-hydrogen) atoms. The average Bonchev–Trinajstić information content (AvgIpc) is 2.89. The molecule has 10 heteroatoms. The molecule has 0 aliphatic carbocycles. The summed E-state index contributed by atoms with van der Waals surface area (Å²) in [5.41, 5.74) is 0.477. The van der Waals surface area contributed by atoms with Gasteiger partial charge in [0.25, 0.3) is 10.0 Å². The number of nitrogens with one attached hydrogen (secondary N) is 1. The van der Waals surface area contributed by atoms with Crippen LogP contribution in [-0.2, 0) is 26.2 Å². The van der Waals surface area contributed by atoms with Gasteiger partial charge in [0.2, 0.25) is 11.8 Å². The summed E-state index contributed by atoms with van der Waals surface area (Å²) < 4.78 is 35.0. The summed E-state index contributed by atoms with van der Waals surface area (Å²) in [6.07, 6.45) is 0. The zero-order chi connectivity index (χ0) is 28.8. The van der Waals surface area contributed by atoms with Crippen LogP contribution in [0.15, 0.2) is 88.2 Å². The Morgan fingerprint density at radius 1 is 0.974 bits per heavy atom. The lowest BCUT2D eigenvalue weighted by Crippen LogP contribution is -2.54. The molecule has 2 amide bonds. The zero-order valence-corrected chi connectivity index (χ0v) is 25.1. The molecule has 8 nitrogen and oxygen atoms in total. The monoisotopic (exact) mass is 615 g/mol. The Balaban J connectivity index is 2.07. The van der Waals surface area contributed by atoms with Crippen molar-refractivity contribution in [3.8, 4) is 5.75 Å². The molecule has 208 valence electrons. The molecule has 1 atom stereocenters. The Bertz CT molecular complexity index is 1410. The van der Waals surface area contributed by atoms with E-state index in [9.17, 15) is 18.0 Å². The van der Waals surface area contributed by atoms with Gasteiger partial charge in [-0.25, -0.2) is 8.42 Å². The first-order chi connectivity index (χ1) is 18.3. The van der Waals surface area contributed by atoms with Gasteiger partial charge in [-0.05, 0) is 69.7 Å². The molecule has 0 heterocycles. The van der Waals surface area contributed by atoms with E-state index in [2.05, 4.69) is 21.2 Å². The van der Waals surface area contributed by atoms with Gasteiger partial charge in [-0.1, -0.05) is 58.4 Å². The van der Waals surface area contributed by atoms with Gasteiger partial charge in [-0.15, -0.1) is 0 Å². The maximum absolute atomic E-state index is 14.0. The fraction of sp³-hybridized carbons (Fsp3) is 0.310. The first-order valence-electron chi connectivity index (χ1n) is 12.4. The molecule has 0 saturated carbocycles. The first-order valence-corrected chi connectivity index (χ1v) is 14.6. The third-order valence-corrected chi connectivity index (χ3v) is 8.14. The van der Waals surface area contributed by atoms with E-state index >= 15 is 0 Å². The second-order valence-electron chi connectivity index (χ2n) is 10.1. The molecule has 0 aliphatic heterocycles. The highest BCUT2D eigenvalue weighted by atomic mass is 79.9. The number of benzene rings is 3. The lowest BCUT2D eigenvalue weighted by molar-refractivity contribution is -0.140. The van der Waals surface area contributed by atoms with Crippen LogP contribution < -0.4 is 14.4 Å². The van der Waals surface area contributed by atoms with Crippen LogP contribution >= 0.6 is 15.9 Å². The van der Waals surface area contributed by atoms with E-state index in [0.717, 1.165) is 14.3 Å². The number of hydrogen-bond donors (Lipinski definition) is 1. The van der Waals surface area contributed by atoms with Gasteiger partial charge >= 0.3 is 0 Å². The van der Waals surface area contributed by atoms with Crippen LogP contribution in [0.25, 0.3) is 0 Å². The molecular formula is C29H34BrN3O5S. The Kier molecular flexibility index (Phi) is 9.79. The molecule has 0 aliphatic rings. The molecule has 3 rings (SSSR count). The van der Waals surface area contributed by atoms with E-state index in [4.69, 9.17) is 4.74 Å². The van der Waals surface area contributed by atoms with Gasteiger partial charge in [0.05, 0.1) is 17.7 Å². The maximum Gasteiger partial charge on any atom is 0.264 e. The number of hydrogen-bond acceptors (Lipinski definition) is 5. The fourth-order valence-corrected chi connectivity index (χ4v) is 5.85. The van der Waals surface area contributed by atoms with Crippen LogP contribution in [-0.4, -0.2) is 50.4 Å². The third kappa shape index (κ3) is 7.83. The van der Waals surface area contributed by atoms with Gasteiger partial charge in [-0.3, -0.25) is 13.9 Å². The predicted octanol–water partition coefficient (Wildman–Crippen LogP) is 4.99. The number of para-hydroxylation sites is 2. The third-order valence-electron chi connectivity index (χ3n) is 5.87. The summed E-state index contributed by atoms with van der Waals surface area (Å²) >= 11 is 3.45. The second kappa shape index (κ2) is 12.7. The van der Waals surface area contributed by atoms with Crippen LogP contribution in [0.4, 0.5) is 5.69 Å². The van der Waals surface area contributed by atoms with Crippen molar-refractivity contribution < 1.29 is 22.7 Å². The molecule has 0 aromatic heterocycles.